The molecule has 0 radical (unpaired) electrons. The van der Waals surface area contributed by atoms with Crippen molar-refractivity contribution in [2.24, 2.45) is 11.8 Å². The number of rotatable bonds is 1. The molecule has 2 fully saturated rings. The highest BCUT2D eigenvalue weighted by Crippen LogP contribution is 2.44. The number of alkyl halides is 1. The zero-order chi connectivity index (χ0) is 16.0. The Balaban J connectivity index is 2.24. The van der Waals surface area contributed by atoms with Gasteiger partial charge < -0.3 is 9.47 Å². The van der Waals surface area contributed by atoms with Crippen LogP contribution in [0.2, 0.25) is 0 Å². The van der Waals surface area contributed by atoms with E-state index in [1.165, 1.54) is 0 Å². The monoisotopic (exact) mass is 408 g/mol. The number of esters is 1. The van der Waals surface area contributed by atoms with Gasteiger partial charge in [-0.1, -0.05) is 29.5 Å². The Morgan fingerprint density at radius 1 is 1.43 bits per heavy atom. The third-order valence-corrected chi connectivity index (χ3v) is 6.32. The van der Waals surface area contributed by atoms with Crippen LogP contribution in [0.3, 0.4) is 0 Å². The third kappa shape index (κ3) is 3.60. The summed E-state index contributed by atoms with van der Waals surface area (Å²) < 4.78 is 11.7. The van der Waals surface area contributed by atoms with Crippen LogP contribution in [0, 0.1) is 11.8 Å². The first-order valence-electron chi connectivity index (χ1n) is 7.62. The lowest BCUT2D eigenvalue weighted by atomic mass is 9.85. The molecule has 4 nitrogen and oxygen atoms in total. The number of carbonyl (C=O) groups excluding carboxylic acids is 2. The van der Waals surface area contributed by atoms with E-state index in [0.29, 0.717) is 6.42 Å². The fourth-order valence-electron chi connectivity index (χ4n) is 3.13. The molecule has 0 aromatic carbocycles. The van der Waals surface area contributed by atoms with Crippen molar-refractivity contribution in [2.75, 3.05) is 0 Å². The van der Waals surface area contributed by atoms with E-state index in [0.717, 1.165) is 12.8 Å². The van der Waals surface area contributed by atoms with Gasteiger partial charge in [-0.05, 0) is 47.0 Å². The molecule has 5 atom stereocenters. The number of halogens is 1. The van der Waals surface area contributed by atoms with E-state index >= 15 is 0 Å². The van der Waals surface area contributed by atoms with Crippen molar-refractivity contribution in [3.63, 3.8) is 0 Å². The molecule has 21 heavy (non-hydrogen) atoms. The molecule has 0 amide bonds. The van der Waals surface area contributed by atoms with Crippen molar-refractivity contribution >= 4 is 34.3 Å². The van der Waals surface area contributed by atoms with Gasteiger partial charge in [-0.15, -0.1) is 0 Å². The Morgan fingerprint density at radius 3 is 2.62 bits per heavy atom. The number of hydrogen-bond donors (Lipinski definition) is 0. The average Bonchev–Trinajstić information content (AvgIpc) is 2.75. The summed E-state index contributed by atoms with van der Waals surface area (Å²) in [5.74, 6) is -1.32. The maximum absolute atomic E-state index is 12.7. The minimum Gasteiger partial charge on any atom is -0.459 e. The molecule has 0 aromatic heterocycles. The first-order chi connectivity index (χ1) is 9.53. The summed E-state index contributed by atoms with van der Waals surface area (Å²) in [6, 6.07) is 0. The van der Waals surface area contributed by atoms with E-state index in [1.54, 1.807) is 0 Å². The largest absolute Gasteiger partial charge is 0.459 e. The quantitative estimate of drug-likeness (QED) is 0.289. The summed E-state index contributed by atoms with van der Waals surface area (Å²) >= 11 is 2.32. The maximum Gasteiger partial charge on any atom is 0.317 e. The van der Waals surface area contributed by atoms with Gasteiger partial charge >= 0.3 is 5.97 Å². The van der Waals surface area contributed by atoms with Crippen LogP contribution in [0.1, 0.15) is 53.9 Å². The summed E-state index contributed by atoms with van der Waals surface area (Å²) in [7, 11) is 0. The smallest absolute Gasteiger partial charge is 0.317 e. The zero-order valence-electron chi connectivity index (χ0n) is 13.4. The van der Waals surface area contributed by atoms with Gasteiger partial charge in [0.2, 0.25) is 0 Å². The molecule has 2 aliphatic rings. The standard InChI is InChI=1S/C16H25IO4/c1-9-11-6-7-16(5,20-11)12(17)8-10(13(9)18)14(19)21-15(2,3)4/h9-12H,6-8H2,1-5H3/t9-,10-,11?,12-,16?/m1/s1. The number of fused-ring (bicyclic) bond motifs is 2. The van der Waals surface area contributed by atoms with Gasteiger partial charge in [-0.25, -0.2) is 0 Å². The van der Waals surface area contributed by atoms with Gasteiger partial charge in [-0.2, -0.15) is 0 Å². The molecular weight excluding hydrogens is 383 g/mol. The highest BCUT2D eigenvalue weighted by Gasteiger charge is 2.50. The molecule has 2 saturated heterocycles. The Kier molecular flexibility index (Phi) is 4.74. The Hall–Kier alpha value is -0.170. The Morgan fingerprint density at radius 2 is 2.05 bits per heavy atom. The fraction of sp³-hybridized carbons (Fsp3) is 0.875. The van der Waals surface area contributed by atoms with Crippen LogP contribution in [0.5, 0.6) is 0 Å². The second kappa shape index (κ2) is 5.80. The second-order valence-electron chi connectivity index (χ2n) is 7.49. The van der Waals surface area contributed by atoms with Crippen molar-refractivity contribution in [3.05, 3.63) is 0 Å². The number of hydrogen-bond acceptors (Lipinski definition) is 4. The molecular formula is C16H25IO4. The van der Waals surface area contributed by atoms with Crippen LogP contribution in [0.15, 0.2) is 0 Å². The van der Waals surface area contributed by atoms with E-state index < -0.39 is 11.5 Å². The molecule has 2 rings (SSSR count). The summed E-state index contributed by atoms with van der Waals surface area (Å²) in [5.41, 5.74) is -0.802. The highest BCUT2D eigenvalue weighted by atomic mass is 127. The molecule has 0 saturated carbocycles. The van der Waals surface area contributed by atoms with E-state index in [2.05, 4.69) is 29.5 Å². The zero-order valence-corrected chi connectivity index (χ0v) is 15.6. The van der Waals surface area contributed by atoms with Crippen LogP contribution in [-0.4, -0.2) is 33.0 Å². The molecule has 120 valence electrons. The summed E-state index contributed by atoms with van der Waals surface area (Å²) in [6.07, 6.45) is 2.28. The van der Waals surface area contributed by atoms with Gasteiger partial charge in [0, 0.05) is 9.84 Å². The Labute approximate surface area is 140 Å². The lowest BCUT2D eigenvalue weighted by molar-refractivity contribution is -0.166. The van der Waals surface area contributed by atoms with Crippen molar-refractivity contribution in [1.82, 2.24) is 0 Å². The number of ether oxygens (including phenoxy) is 2. The predicted octanol–water partition coefficient (Wildman–Crippen LogP) is 3.29. The molecule has 0 aliphatic carbocycles. The van der Waals surface area contributed by atoms with Crippen molar-refractivity contribution in [1.29, 1.82) is 0 Å². The lowest BCUT2D eigenvalue weighted by Crippen LogP contribution is -2.46. The van der Waals surface area contributed by atoms with Crippen molar-refractivity contribution in [3.8, 4) is 0 Å². The van der Waals surface area contributed by atoms with Crippen LogP contribution in [-0.2, 0) is 19.1 Å². The molecule has 2 unspecified atom stereocenters. The third-order valence-electron chi connectivity index (χ3n) is 4.49. The van der Waals surface area contributed by atoms with Crippen LogP contribution >= 0.6 is 22.6 Å². The number of carbonyl (C=O) groups is 2. The van der Waals surface area contributed by atoms with Crippen molar-refractivity contribution in [2.45, 2.75) is 75.1 Å². The van der Waals surface area contributed by atoms with E-state index in [-0.39, 0.29) is 33.3 Å². The van der Waals surface area contributed by atoms with Crippen LogP contribution < -0.4 is 0 Å². The lowest BCUT2D eigenvalue weighted by Gasteiger charge is -2.36. The first-order valence-corrected chi connectivity index (χ1v) is 8.86. The molecule has 0 aromatic rings. The van der Waals surface area contributed by atoms with Gasteiger partial charge in [0.1, 0.15) is 11.5 Å². The normalized spacial score (nSPS) is 40.6. The van der Waals surface area contributed by atoms with Crippen LogP contribution in [0.4, 0.5) is 0 Å². The molecule has 2 aliphatic heterocycles. The molecule has 2 bridgehead atoms. The topological polar surface area (TPSA) is 52.6 Å². The molecule has 0 N–H and O–H groups in total. The first kappa shape index (κ1) is 17.2. The summed E-state index contributed by atoms with van der Waals surface area (Å²) in [5, 5.41) is 0. The van der Waals surface area contributed by atoms with E-state index in [1.807, 2.05) is 27.7 Å². The molecule has 2 heterocycles. The van der Waals surface area contributed by atoms with E-state index in [4.69, 9.17) is 9.47 Å². The number of Topliss-reactive ketones (excluding diaryl/α,β-unsaturated/α-hetero) is 1. The minimum absolute atomic E-state index is 0.0279. The van der Waals surface area contributed by atoms with E-state index in [9.17, 15) is 9.59 Å². The highest BCUT2D eigenvalue weighted by molar-refractivity contribution is 14.1. The molecule has 5 heteroatoms. The predicted molar refractivity (Wildman–Crippen MR) is 88.4 cm³/mol. The maximum atomic E-state index is 12.7. The fourth-order valence-corrected chi connectivity index (χ4v) is 4.10. The van der Waals surface area contributed by atoms with Gasteiger partial charge in [0.05, 0.1) is 11.7 Å². The van der Waals surface area contributed by atoms with Gasteiger partial charge in [0.15, 0.2) is 5.78 Å². The summed E-state index contributed by atoms with van der Waals surface area (Å²) in [6.45, 7) is 9.47. The Bertz CT molecular complexity index is 442. The van der Waals surface area contributed by atoms with Gasteiger partial charge in [0.25, 0.3) is 0 Å². The SMILES string of the molecule is C[C@H]1C(=O)[C@H](C(=O)OC(C)(C)C)C[C@@H](I)C2(C)CCC1O2. The number of ketones is 1. The van der Waals surface area contributed by atoms with Crippen molar-refractivity contribution < 1.29 is 19.1 Å². The second-order valence-corrected chi connectivity index (χ2v) is 8.99. The summed E-state index contributed by atoms with van der Waals surface area (Å²) in [4.78, 5) is 25.1. The molecule has 0 spiro atoms. The average molecular weight is 408 g/mol. The van der Waals surface area contributed by atoms with Crippen LogP contribution in [0.25, 0.3) is 0 Å². The van der Waals surface area contributed by atoms with Gasteiger partial charge in [-0.3, -0.25) is 9.59 Å². The minimum atomic E-state index is -0.662.